The molecule has 0 aliphatic carbocycles. The van der Waals surface area contributed by atoms with Crippen molar-refractivity contribution in [3.05, 3.63) is 23.8 Å². The zero-order valence-electron chi connectivity index (χ0n) is 20.0. The number of amides is 1. The van der Waals surface area contributed by atoms with Crippen LogP contribution in [0.4, 0.5) is 4.79 Å². The van der Waals surface area contributed by atoms with Crippen LogP contribution < -0.4 is 25.4 Å². The zero-order chi connectivity index (χ0) is 22.7. The Bertz CT molecular complexity index is 705. The number of methoxy groups -OCH3 is 2. The molecule has 8 nitrogen and oxygen atoms in total. The topological polar surface area (TPSA) is 93.2 Å². The summed E-state index contributed by atoms with van der Waals surface area (Å²) in [5.74, 6) is 2.33. The van der Waals surface area contributed by atoms with Crippen molar-refractivity contribution in [2.45, 2.75) is 52.7 Å². The van der Waals surface area contributed by atoms with Gasteiger partial charge in [-0.1, -0.05) is 19.9 Å². The molecule has 178 valence electrons. The second-order valence-electron chi connectivity index (χ2n) is 8.32. The molecule has 0 saturated carbocycles. The molecular weight excluding hydrogens is 511 g/mol. The third-order valence-electron chi connectivity index (χ3n) is 4.37. The van der Waals surface area contributed by atoms with E-state index in [1.807, 2.05) is 39.0 Å². The fourth-order valence-electron chi connectivity index (χ4n) is 2.70. The molecule has 1 aromatic rings. The Hall–Kier alpha value is -1.91. The summed E-state index contributed by atoms with van der Waals surface area (Å²) in [5, 5.41) is 9.49. The maximum atomic E-state index is 12.1. The molecule has 0 heterocycles. The maximum Gasteiger partial charge on any atom is 0.407 e. The molecule has 3 N–H and O–H groups in total. The van der Waals surface area contributed by atoms with E-state index in [1.54, 1.807) is 21.3 Å². The lowest BCUT2D eigenvalue weighted by atomic mass is 10.0. The lowest BCUT2D eigenvalue weighted by Crippen LogP contribution is -2.50. The number of benzene rings is 1. The third-order valence-corrected chi connectivity index (χ3v) is 4.37. The van der Waals surface area contributed by atoms with Crippen LogP contribution in [-0.4, -0.2) is 58.1 Å². The normalized spacial score (nSPS) is 12.5. The van der Waals surface area contributed by atoms with Crippen LogP contribution in [0, 0.1) is 5.92 Å². The fourth-order valence-corrected chi connectivity index (χ4v) is 2.70. The number of nitrogens with zero attached hydrogens (tertiary/aromatic N) is 1. The standard InChI is InChI=1S/C22H38N4O4.HI/c1-15(2)17(26-21(27)30-22(3,4)5)14-25-20(23-6)24-12-11-16-9-10-18(28-7)19(13-16)29-8;/h9-10,13,15,17H,11-12,14H2,1-8H3,(H,26,27)(H2,23,24,25);1H. The number of nitrogens with one attached hydrogen (secondary N) is 3. The van der Waals surface area contributed by atoms with Gasteiger partial charge in [-0.3, -0.25) is 4.99 Å². The van der Waals surface area contributed by atoms with Gasteiger partial charge in [-0.25, -0.2) is 4.79 Å². The van der Waals surface area contributed by atoms with Crippen LogP contribution >= 0.6 is 24.0 Å². The summed E-state index contributed by atoms with van der Waals surface area (Å²) in [4.78, 5) is 16.3. The molecule has 1 amide bonds. The summed E-state index contributed by atoms with van der Waals surface area (Å²) in [6.45, 7) is 10.9. The Labute approximate surface area is 203 Å². The first-order valence-electron chi connectivity index (χ1n) is 10.2. The van der Waals surface area contributed by atoms with E-state index in [-0.39, 0.29) is 35.9 Å². The Balaban J connectivity index is 0.00000900. The molecule has 0 radical (unpaired) electrons. The first kappa shape index (κ1) is 29.1. The molecule has 0 aliphatic rings. The molecule has 0 aromatic heterocycles. The van der Waals surface area contributed by atoms with E-state index < -0.39 is 11.7 Å². The van der Waals surface area contributed by atoms with Gasteiger partial charge in [-0.2, -0.15) is 0 Å². The van der Waals surface area contributed by atoms with Gasteiger partial charge in [0, 0.05) is 20.1 Å². The summed E-state index contributed by atoms with van der Waals surface area (Å²) in [5.41, 5.74) is 0.600. The third kappa shape index (κ3) is 11.3. The SMILES string of the molecule is CN=C(NCCc1ccc(OC)c(OC)c1)NCC(NC(=O)OC(C)(C)C)C(C)C.I. The molecule has 0 bridgehead atoms. The Kier molecular flexibility index (Phi) is 13.3. The number of rotatable bonds is 9. The molecule has 31 heavy (non-hydrogen) atoms. The Morgan fingerprint density at radius 1 is 1.10 bits per heavy atom. The van der Waals surface area contributed by atoms with E-state index in [4.69, 9.17) is 14.2 Å². The van der Waals surface area contributed by atoms with Gasteiger partial charge in [-0.15, -0.1) is 24.0 Å². The maximum absolute atomic E-state index is 12.1. The van der Waals surface area contributed by atoms with Crippen molar-refractivity contribution in [3.8, 4) is 11.5 Å². The predicted molar refractivity (Wildman–Crippen MR) is 136 cm³/mol. The number of alkyl carbamates (subject to hydrolysis) is 1. The van der Waals surface area contributed by atoms with Crippen LogP contribution in [0.25, 0.3) is 0 Å². The highest BCUT2D eigenvalue weighted by molar-refractivity contribution is 14.0. The highest BCUT2D eigenvalue weighted by Crippen LogP contribution is 2.27. The van der Waals surface area contributed by atoms with Gasteiger partial charge in [0.1, 0.15) is 5.60 Å². The number of halogens is 1. The van der Waals surface area contributed by atoms with E-state index in [0.29, 0.717) is 30.5 Å². The Morgan fingerprint density at radius 3 is 2.26 bits per heavy atom. The van der Waals surface area contributed by atoms with Gasteiger partial charge in [-0.05, 0) is 50.8 Å². The molecule has 1 aromatic carbocycles. The molecule has 0 saturated heterocycles. The first-order chi connectivity index (χ1) is 14.1. The average Bonchev–Trinajstić information content (AvgIpc) is 2.67. The summed E-state index contributed by atoms with van der Waals surface area (Å²) in [6, 6.07) is 5.79. The summed E-state index contributed by atoms with van der Waals surface area (Å²) in [7, 11) is 4.97. The largest absolute Gasteiger partial charge is 0.493 e. The van der Waals surface area contributed by atoms with Crippen LogP contribution in [0.1, 0.15) is 40.2 Å². The first-order valence-corrected chi connectivity index (χ1v) is 10.2. The average molecular weight is 550 g/mol. The minimum Gasteiger partial charge on any atom is -0.493 e. The molecule has 1 atom stereocenters. The van der Waals surface area contributed by atoms with Crippen molar-refractivity contribution in [2.75, 3.05) is 34.4 Å². The van der Waals surface area contributed by atoms with E-state index in [1.165, 1.54) is 0 Å². The van der Waals surface area contributed by atoms with E-state index in [0.717, 1.165) is 12.0 Å². The van der Waals surface area contributed by atoms with Crippen molar-refractivity contribution in [3.63, 3.8) is 0 Å². The van der Waals surface area contributed by atoms with Gasteiger partial charge in [0.15, 0.2) is 17.5 Å². The van der Waals surface area contributed by atoms with Crippen LogP contribution in [0.5, 0.6) is 11.5 Å². The number of guanidine groups is 1. The molecule has 1 rings (SSSR count). The number of hydrogen-bond donors (Lipinski definition) is 3. The molecule has 1 unspecified atom stereocenters. The van der Waals surface area contributed by atoms with Crippen molar-refractivity contribution in [2.24, 2.45) is 10.9 Å². The monoisotopic (exact) mass is 550 g/mol. The minimum absolute atomic E-state index is 0. The molecule has 0 aliphatic heterocycles. The van der Waals surface area contributed by atoms with Crippen molar-refractivity contribution in [1.29, 1.82) is 0 Å². The summed E-state index contributed by atoms with van der Waals surface area (Å²) >= 11 is 0. The van der Waals surface area contributed by atoms with Crippen molar-refractivity contribution < 1.29 is 19.0 Å². The molecule has 9 heteroatoms. The summed E-state index contributed by atoms with van der Waals surface area (Å²) in [6.07, 6.45) is 0.379. The summed E-state index contributed by atoms with van der Waals surface area (Å²) < 4.78 is 16.0. The minimum atomic E-state index is -0.527. The molecule has 0 fully saturated rings. The Morgan fingerprint density at radius 2 is 1.74 bits per heavy atom. The zero-order valence-corrected chi connectivity index (χ0v) is 22.3. The van der Waals surface area contributed by atoms with Crippen molar-refractivity contribution >= 4 is 36.0 Å². The molecule has 0 spiro atoms. The fraction of sp³-hybridized carbons (Fsp3) is 0.636. The number of ether oxygens (including phenoxy) is 3. The second-order valence-corrected chi connectivity index (χ2v) is 8.32. The van der Waals surface area contributed by atoms with Gasteiger partial charge >= 0.3 is 6.09 Å². The van der Waals surface area contributed by atoms with E-state index in [2.05, 4.69) is 34.8 Å². The number of carbonyl (C=O) groups is 1. The van der Waals surface area contributed by atoms with Gasteiger partial charge in [0.2, 0.25) is 0 Å². The lowest BCUT2D eigenvalue weighted by molar-refractivity contribution is 0.0491. The quantitative estimate of drug-likeness (QED) is 0.247. The van der Waals surface area contributed by atoms with Crippen LogP contribution in [0.3, 0.4) is 0 Å². The second kappa shape index (κ2) is 14.2. The van der Waals surface area contributed by atoms with Crippen LogP contribution in [0.2, 0.25) is 0 Å². The van der Waals surface area contributed by atoms with E-state index in [9.17, 15) is 4.79 Å². The number of aliphatic imine (C=N–C) groups is 1. The number of carbonyl (C=O) groups excluding carboxylic acids is 1. The van der Waals surface area contributed by atoms with E-state index >= 15 is 0 Å². The van der Waals surface area contributed by atoms with Crippen molar-refractivity contribution in [1.82, 2.24) is 16.0 Å². The smallest absolute Gasteiger partial charge is 0.407 e. The van der Waals surface area contributed by atoms with Gasteiger partial charge in [0.25, 0.3) is 0 Å². The highest BCUT2D eigenvalue weighted by atomic mass is 127. The predicted octanol–water partition coefficient (Wildman–Crippen LogP) is 3.58. The van der Waals surface area contributed by atoms with Crippen LogP contribution in [0.15, 0.2) is 23.2 Å². The van der Waals surface area contributed by atoms with Gasteiger partial charge in [0.05, 0.1) is 20.3 Å². The lowest BCUT2D eigenvalue weighted by Gasteiger charge is -2.26. The number of hydrogen-bond acceptors (Lipinski definition) is 5. The molecular formula is C22H39IN4O4. The highest BCUT2D eigenvalue weighted by Gasteiger charge is 2.21. The van der Waals surface area contributed by atoms with Crippen LogP contribution in [-0.2, 0) is 11.2 Å². The van der Waals surface area contributed by atoms with Gasteiger partial charge < -0.3 is 30.2 Å².